The first-order valence-electron chi connectivity index (χ1n) is 5.82. The second kappa shape index (κ2) is 6.47. The smallest absolute Gasteiger partial charge is 0.137 e. The quantitative estimate of drug-likeness (QED) is 0.725. The van der Waals surface area contributed by atoms with E-state index in [4.69, 9.17) is 39.5 Å². The Morgan fingerprint density at radius 2 is 1.84 bits per heavy atom. The summed E-state index contributed by atoms with van der Waals surface area (Å²) in [5.41, 5.74) is 1.85. The molecule has 2 aromatic rings. The number of ether oxygens (including phenoxy) is 1. The maximum Gasteiger partial charge on any atom is 0.137 e. The molecule has 0 aliphatic carbocycles. The van der Waals surface area contributed by atoms with Crippen LogP contribution in [0.5, 0.6) is 5.75 Å². The van der Waals surface area contributed by atoms with Crippen LogP contribution in [0, 0.1) is 0 Å². The Balaban J connectivity index is 2.10. The molecule has 0 amide bonds. The Labute approximate surface area is 127 Å². The summed E-state index contributed by atoms with van der Waals surface area (Å²) in [6.07, 6.45) is 0.860. The summed E-state index contributed by atoms with van der Waals surface area (Å²) in [4.78, 5) is 3.96. The van der Waals surface area contributed by atoms with Gasteiger partial charge in [0.2, 0.25) is 0 Å². The van der Waals surface area contributed by atoms with E-state index in [1.165, 1.54) is 0 Å². The van der Waals surface area contributed by atoms with Crippen molar-refractivity contribution in [1.82, 2.24) is 4.98 Å². The van der Waals surface area contributed by atoms with Crippen molar-refractivity contribution in [2.75, 3.05) is 0 Å². The number of aromatic nitrogens is 1. The number of hydrogen-bond acceptors (Lipinski definition) is 2. The number of pyridine rings is 1. The molecule has 0 radical (unpaired) electrons. The first kappa shape index (κ1) is 14.4. The molecule has 0 unspecified atom stereocenters. The normalized spacial score (nSPS) is 10.5. The molecule has 0 bridgehead atoms. The van der Waals surface area contributed by atoms with Crippen LogP contribution < -0.4 is 4.74 Å². The molecule has 0 saturated carbocycles. The third-order valence-corrected chi connectivity index (χ3v) is 3.59. The van der Waals surface area contributed by atoms with Crippen LogP contribution in [0.4, 0.5) is 0 Å². The number of benzene rings is 1. The molecule has 0 fully saturated rings. The van der Waals surface area contributed by atoms with Gasteiger partial charge in [-0.05, 0) is 42.3 Å². The molecule has 0 saturated heterocycles. The Hall–Kier alpha value is -0.960. The van der Waals surface area contributed by atoms with Crippen LogP contribution in [0.25, 0.3) is 0 Å². The topological polar surface area (TPSA) is 22.1 Å². The molecular formula is C14H12Cl3NO. The van der Waals surface area contributed by atoms with E-state index in [2.05, 4.69) is 4.98 Å². The van der Waals surface area contributed by atoms with Gasteiger partial charge in [-0.2, -0.15) is 0 Å². The van der Waals surface area contributed by atoms with Gasteiger partial charge in [0.05, 0.1) is 0 Å². The zero-order valence-corrected chi connectivity index (χ0v) is 12.6. The second-order valence-corrected chi connectivity index (χ2v) is 5.13. The summed E-state index contributed by atoms with van der Waals surface area (Å²) in [7, 11) is 0. The molecule has 19 heavy (non-hydrogen) atoms. The minimum absolute atomic E-state index is 0.341. The number of nitrogens with zero attached hydrogens (tertiary/aromatic N) is 1. The molecule has 0 aliphatic heterocycles. The lowest BCUT2D eigenvalue weighted by molar-refractivity contribution is 0.305. The van der Waals surface area contributed by atoms with Gasteiger partial charge in [-0.25, -0.2) is 4.98 Å². The van der Waals surface area contributed by atoms with Gasteiger partial charge in [0.15, 0.2) is 0 Å². The van der Waals surface area contributed by atoms with Crippen LogP contribution >= 0.6 is 34.8 Å². The monoisotopic (exact) mass is 315 g/mol. The van der Waals surface area contributed by atoms with Gasteiger partial charge < -0.3 is 4.74 Å². The van der Waals surface area contributed by atoms with Gasteiger partial charge in [-0.15, -0.1) is 0 Å². The zero-order valence-electron chi connectivity index (χ0n) is 10.3. The average molecular weight is 317 g/mol. The average Bonchev–Trinajstić information content (AvgIpc) is 2.39. The van der Waals surface area contributed by atoms with Crippen LogP contribution in [0.1, 0.15) is 18.1 Å². The lowest BCUT2D eigenvalue weighted by Crippen LogP contribution is -1.98. The van der Waals surface area contributed by atoms with Gasteiger partial charge in [0.25, 0.3) is 0 Å². The van der Waals surface area contributed by atoms with Crippen molar-refractivity contribution in [3.63, 3.8) is 0 Å². The highest BCUT2D eigenvalue weighted by Crippen LogP contribution is 2.24. The molecule has 0 aliphatic rings. The minimum Gasteiger partial charge on any atom is -0.489 e. The van der Waals surface area contributed by atoms with Gasteiger partial charge in [-0.3, -0.25) is 0 Å². The fourth-order valence-corrected chi connectivity index (χ4v) is 2.27. The maximum absolute atomic E-state index is 6.05. The molecule has 1 aromatic carbocycles. The Kier molecular flexibility index (Phi) is 4.92. The molecule has 0 atom stereocenters. The highest BCUT2D eigenvalue weighted by atomic mass is 35.5. The molecule has 100 valence electrons. The van der Waals surface area contributed by atoms with E-state index in [0.717, 1.165) is 28.3 Å². The van der Waals surface area contributed by atoms with Crippen LogP contribution in [-0.4, -0.2) is 4.98 Å². The third kappa shape index (κ3) is 3.75. The van der Waals surface area contributed by atoms with E-state index in [1.807, 2.05) is 25.1 Å². The van der Waals surface area contributed by atoms with E-state index in [9.17, 15) is 0 Å². The maximum atomic E-state index is 6.05. The number of halogens is 3. The van der Waals surface area contributed by atoms with Crippen LogP contribution in [-0.2, 0) is 13.0 Å². The van der Waals surface area contributed by atoms with E-state index < -0.39 is 0 Å². The molecule has 5 heteroatoms. The molecule has 1 heterocycles. The number of rotatable bonds is 4. The number of hydrogen-bond donors (Lipinski definition) is 0. The molecule has 0 spiro atoms. The lowest BCUT2D eigenvalue weighted by Gasteiger charge is -2.09. The second-order valence-electron chi connectivity index (χ2n) is 3.98. The van der Waals surface area contributed by atoms with Crippen molar-refractivity contribution < 1.29 is 4.74 Å². The van der Waals surface area contributed by atoms with E-state index >= 15 is 0 Å². The highest BCUT2D eigenvalue weighted by molar-refractivity contribution is 6.32. The summed E-state index contributed by atoms with van der Waals surface area (Å²) in [5, 5.41) is 1.48. The summed E-state index contributed by atoms with van der Waals surface area (Å²) >= 11 is 17.8. The third-order valence-electron chi connectivity index (χ3n) is 2.68. The standard InChI is InChI=1S/C14H12Cl3NO/c1-2-9-7-11(4-5-12(9)15)19-8-10-3-6-13(16)18-14(10)17/h3-7H,2,8H2,1H3. The Bertz CT molecular complexity index is 587. The fourth-order valence-electron chi connectivity index (χ4n) is 1.62. The van der Waals surface area contributed by atoms with Crippen molar-refractivity contribution in [2.45, 2.75) is 20.0 Å². The minimum atomic E-state index is 0.341. The van der Waals surface area contributed by atoms with E-state index in [1.54, 1.807) is 12.1 Å². The molecular weight excluding hydrogens is 305 g/mol. The van der Waals surface area contributed by atoms with Crippen LogP contribution in [0.2, 0.25) is 15.3 Å². The zero-order chi connectivity index (χ0) is 13.8. The largest absolute Gasteiger partial charge is 0.489 e. The van der Waals surface area contributed by atoms with Gasteiger partial charge >= 0.3 is 0 Å². The lowest BCUT2D eigenvalue weighted by atomic mass is 10.1. The molecule has 2 nitrogen and oxygen atoms in total. The van der Waals surface area contributed by atoms with Crippen molar-refractivity contribution in [2.24, 2.45) is 0 Å². The summed E-state index contributed by atoms with van der Waals surface area (Å²) in [5.74, 6) is 0.757. The summed E-state index contributed by atoms with van der Waals surface area (Å²) in [6, 6.07) is 9.08. The predicted octanol–water partition coefficient (Wildman–Crippen LogP) is 5.18. The first-order chi connectivity index (χ1) is 9.10. The predicted molar refractivity (Wildman–Crippen MR) is 79.4 cm³/mol. The first-order valence-corrected chi connectivity index (χ1v) is 6.95. The molecule has 2 rings (SSSR count). The molecule has 0 N–H and O–H groups in total. The van der Waals surface area contributed by atoms with Crippen molar-refractivity contribution in [3.05, 3.63) is 56.8 Å². The Morgan fingerprint density at radius 3 is 2.53 bits per heavy atom. The molecule has 1 aromatic heterocycles. The summed E-state index contributed by atoms with van der Waals surface area (Å²) in [6.45, 7) is 2.39. The van der Waals surface area contributed by atoms with E-state index in [0.29, 0.717) is 16.9 Å². The summed E-state index contributed by atoms with van der Waals surface area (Å²) < 4.78 is 5.68. The fraction of sp³-hybridized carbons (Fsp3) is 0.214. The van der Waals surface area contributed by atoms with Gasteiger partial charge in [0.1, 0.15) is 22.7 Å². The van der Waals surface area contributed by atoms with E-state index in [-0.39, 0.29) is 0 Å². The number of aryl methyl sites for hydroxylation is 1. The van der Waals surface area contributed by atoms with Crippen molar-refractivity contribution >= 4 is 34.8 Å². The van der Waals surface area contributed by atoms with Crippen LogP contribution in [0.3, 0.4) is 0 Å². The SMILES string of the molecule is CCc1cc(OCc2ccc(Cl)nc2Cl)ccc1Cl. The van der Waals surface area contributed by atoms with Crippen molar-refractivity contribution in [1.29, 1.82) is 0 Å². The van der Waals surface area contributed by atoms with Gasteiger partial charge in [0, 0.05) is 10.6 Å². The van der Waals surface area contributed by atoms with Gasteiger partial charge in [-0.1, -0.05) is 41.7 Å². The Morgan fingerprint density at radius 1 is 1.05 bits per heavy atom. The van der Waals surface area contributed by atoms with Crippen molar-refractivity contribution in [3.8, 4) is 5.75 Å². The highest BCUT2D eigenvalue weighted by Gasteiger charge is 2.05. The van der Waals surface area contributed by atoms with Crippen LogP contribution in [0.15, 0.2) is 30.3 Å².